The van der Waals surface area contributed by atoms with Gasteiger partial charge in [-0.15, -0.1) is 0 Å². The van der Waals surface area contributed by atoms with E-state index in [0.717, 1.165) is 5.69 Å². The lowest BCUT2D eigenvalue weighted by Crippen LogP contribution is -1.96. The predicted octanol–water partition coefficient (Wildman–Crippen LogP) is 14.5. The van der Waals surface area contributed by atoms with Crippen molar-refractivity contribution in [2.24, 2.45) is 0 Å². The molecule has 2 heteroatoms. The molecule has 0 unspecified atom stereocenters. The van der Waals surface area contributed by atoms with Crippen LogP contribution in [0.3, 0.4) is 0 Å². The Balaban J connectivity index is 1.12. The Kier molecular flexibility index (Phi) is 7.53. The van der Waals surface area contributed by atoms with E-state index in [1.807, 2.05) is 0 Å². The van der Waals surface area contributed by atoms with E-state index < -0.39 is 0 Å². The van der Waals surface area contributed by atoms with Crippen LogP contribution in [0.1, 0.15) is 0 Å². The molecule has 2 heterocycles. The molecule has 0 aliphatic carbocycles. The maximum absolute atomic E-state index is 2.47. The van der Waals surface area contributed by atoms with Gasteiger partial charge in [0.2, 0.25) is 0 Å². The highest BCUT2D eigenvalue weighted by Crippen LogP contribution is 2.42. The van der Waals surface area contributed by atoms with Crippen molar-refractivity contribution in [1.82, 2.24) is 9.13 Å². The molecular weight excluding hydrogens is 677 g/mol. The fourth-order valence-corrected chi connectivity index (χ4v) is 8.73. The van der Waals surface area contributed by atoms with Crippen molar-refractivity contribution in [1.29, 1.82) is 0 Å². The van der Waals surface area contributed by atoms with E-state index in [1.54, 1.807) is 0 Å². The topological polar surface area (TPSA) is 9.86 Å². The van der Waals surface area contributed by atoms with Crippen LogP contribution in [-0.2, 0) is 0 Å². The summed E-state index contributed by atoms with van der Waals surface area (Å²) in [5.74, 6) is 0. The van der Waals surface area contributed by atoms with Crippen LogP contribution in [0.25, 0.3) is 99.5 Å². The number of hydrogen-bond acceptors (Lipinski definition) is 0. The molecule has 0 fully saturated rings. The van der Waals surface area contributed by atoms with Crippen LogP contribution >= 0.6 is 0 Å². The summed E-state index contributed by atoms with van der Waals surface area (Å²) in [5.41, 5.74) is 16.7. The molecule has 0 saturated carbocycles. The maximum Gasteiger partial charge on any atom is 0.0619 e. The monoisotopic (exact) mass is 712 g/mol. The van der Waals surface area contributed by atoms with Crippen molar-refractivity contribution < 1.29 is 0 Å². The van der Waals surface area contributed by atoms with E-state index in [1.165, 1.54) is 93.8 Å². The summed E-state index contributed by atoms with van der Waals surface area (Å²) in [6.45, 7) is 0. The molecule has 0 aliphatic heterocycles. The summed E-state index contributed by atoms with van der Waals surface area (Å²) in [4.78, 5) is 0. The molecule has 0 radical (unpaired) electrons. The molecule has 2 nitrogen and oxygen atoms in total. The minimum Gasteiger partial charge on any atom is -0.309 e. The van der Waals surface area contributed by atoms with Gasteiger partial charge in [0.25, 0.3) is 0 Å². The molecule has 0 N–H and O–H groups in total. The largest absolute Gasteiger partial charge is 0.309 e. The average molecular weight is 713 g/mol. The van der Waals surface area contributed by atoms with Crippen LogP contribution in [0.15, 0.2) is 218 Å². The molecule has 2 aromatic heterocycles. The highest BCUT2D eigenvalue weighted by Gasteiger charge is 2.19. The van der Waals surface area contributed by atoms with E-state index in [4.69, 9.17) is 0 Å². The summed E-state index contributed by atoms with van der Waals surface area (Å²) in [6, 6.07) is 79.5. The zero-order chi connectivity index (χ0) is 37.0. The van der Waals surface area contributed by atoms with Crippen LogP contribution in [-0.4, -0.2) is 9.13 Å². The predicted molar refractivity (Wildman–Crippen MR) is 237 cm³/mol. The van der Waals surface area contributed by atoms with Gasteiger partial charge in [-0.25, -0.2) is 0 Å². The third-order valence-corrected chi connectivity index (χ3v) is 11.3. The summed E-state index contributed by atoms with van der Waals surface area (Å²) >= 11 is 0. The lowest BCUT2D eigenvalue weighted by Gasteiger charge is -2.15. The molecule has 0 atom stereocenters. The zero-order valence-corrected chi connectivity index (χ0v) is 30.7. The van der Waals surface area contributed by atoms with Crippen molar-refractivity contribution in [2.45, 2.75) is 0 Å². The van der Waals surface area contributed by atoms with Gasteiger partial charge in [-0.05, 0) is 106 Å². The molecular formula is C54H36N2. The molecule has 0 spiro atoms. The normalized spacial score (nSPS) is 11.6. The highest BCUT2D eigenvalue weighted by molar-refractivity contribution is 6.15. The van der Waals surface area contributed by atoms with Crippen LogP contribution in [0.4, 0.5) is 0 Å². The van der Waals surface area contributed by atoms with Crippen LogP contribution in [0, 0.1) is 0 Å². The number of rotatable bonds is 6. The van der Waals surface area contributed by atoms with E-state index in [9.17, 15) is 0 Å². The Morgan fingerprint density at radius 1 is 0.232 bits per heavy atom. The number of benzene rings is 9. The third kappa shape index (κ3) is 5.26. The maximum atomic E-state index is 2.47. The van der Waals surface area contributed by atoms with Gasteiger partial charge in [0.1, 0.15) is 0 Å². The number of fused-ring (bicyclic) bond motifs is 6. The van der Waals surface area contributed by atoms with Gasteiger partial charge < -0.3 is 9.13 Å². The Hall–Kier alpha value is -7.42. The Morgan fingerprint density at radius 2 is 0.714 bits per heavy atom. The number of aromatic nitrogens is 2. The molecule has 11 aromatic rings. The lowest BCUT2D eigenvalue weighted by atomic mass is 9.93. The zero-order valence-electron chi connectivity index (χ0n) is 30.7. The van der Waals surface area contributed by atoms with Crippen LogP contribution < -0.4 is 0 Å². The van der Waals surface area contributed by atoms with Gasteiger partial charge in [0.05, 0.1) is 22.1 Å². The van der Waals surface area contributed by atoms with Crippen molar-refractivity contribution in [3.63, 3.8) is 0 Å². The Morgan fingerprint density at radius 3 is 1.39 bits per heavy atom. The first-order valence-electron chi connectivity index (χ1n) is 19.3. The van der Waals surface area contributed by atoms with Crippen LogP contribution in [0.5, 0.6) is 0 Å². The van der Waals surface area contributed by atoms with Gasteiger partial charge in [-0.3, -0.25) is 0 Å². The average Bonchev–Trinajstić information content (AvgIpc) is 3.80. The van der Waals surface area contributed by atoms with Crippen molar-refractivity contribution in [2.75, 3.05) is 0 Å². The number of nitrogens with zero attached hydrogens (tertiary/aromatic N) is 2. The van der Waals surface area contributed by atoms with Crippen molar-refractivity contribution >= 4 is 43.6 Å². The molecule has 0 bridgehead atoms. The van der Waals surface area contributed by atoms with Gasteiger partial charge in [-0.2, -0.15) is 0 Å². The Labute approximate surface area is 325 Å². The molecule has 0 aliphatic rings. The van der Waals surface area contributed by atoms with Gasteiger partial charge in [-0.1, -0.05) is 152 Å². The summed E-state index contributed by atoms with van der Waals surface area (Å²) in [7, 11) is 0. The second-order valence-corrected chi connectivity index (χ2v) is 14.6. The van der Waals surface area contributed by atoms with E-state index in [-0.39, 0.29) is 0 Å². The highest BCUT2D eigenvalue weighted by atomic mass is 15.0. The molecule has 262 valence electrons. The van der Waals surface area contributed by atoms with Crippen molar-refractivity contribution in [3.8, 4) is 55.9 Å². The van der Waals surface area contributed by atoms with E-state index >= 15 is 0 Å². The number of hydrogen-bond donors (Lipinski definition) is 0. The molecule has 9 aromatic carbocycles. The fourth-order valence-electron chi connectivity index (χ4n) is 8.73. The lowest BCUT2D eigenvalue weighted by molar-refractivity contribution is 1.18. The fraction of sp³-hybridized carbons (Fsp3) is 0. The SMILES string of the molecule is c1ccc(-c2cc(-c3ccccc3)cc(-c3cccc(-n4c5ccccc5c5cccc(-c6ccc7c(c6)c6ccccc6n7-c6ccccc6)c54)c3)c2)cc1. The smallest absolute Gasteiger partial charge is 0.0619 e. The second kappa shape index (κ2) is 13.2. The summed E-state index contributed by atoms with van der Waals surface area (Å²) in [5, 5.41) is 4.99. The van der Waals surface area contributed by atoms with Gasteiger partial charge in [0.15, 0.2) is 0 Å². The number of para-hydroxylation sites is 4. The van der Waals surface area contributed by atoms with Crippen LogP contribution in [0.2, 0.25) is 0 Å². The Bertz CT molecular complexity index is 3170. The molecule has 11 rings (SSSR count). The summed E-state index contributed by atoms with van der Waals surface area (Å²) < 4.78 is 4.85. The van der Waals surface area contributed by atoms with Crippen molar-refractivity contribution in [3.05, 3.63) is 218 Å². The van der Waals surface area contributed by atoms with Gasteiger partial charge >= 0.3 is 0 Å². The molecule has 56 heavy (non-hydrogen) atoms. The first-order chi connectivity index (χ1) is 27.8. The van der Waals surface area contributed by atoms with E-state index in [2.05, 4.69) is 228 Å². The third-order valence-electron chi connectivity index (χ3n) is 11.3. The van der Waals surface area contributed by atoms with E-state index in [0.29, 0.717) is 0 Å². The summed E-state index contributed by atoms with van der Waals surface area (Å²) in [6.07, 6.45) is 0. The quantitative estimate of drug-likeness (QED) is 0.162. The second-order valence-electron chi connectivity index (χ2n) is 14.6. The molecule has 0 amide bonds. The minimum absolute atomic E-state index is 1.13. The standard InChI is InChI=1S/C54H36N2/c1-4-16-37(17-5-1)41-32-42(38-18-6-2-7-19-38)34-43(33-41)39-20-14-23-45(35-39)56-52-29-13-10-24-47(52)49-27-15-26-46(54(49)56)40-30-31-53-50(36-40)48-25-11-12-28-51(48)55(53)44-21-8-3-9-22-44/h1-36H. The van der Waals surface area contributed by atoms with Gasteiger partial charge in [0, 0.05) is 38.5 Å². The minimum atomic E-state index is 1.13. The first kappa shape index (κ1) is 32.0. The molecule has 0 saturated heterocycles. The first-order valence-corrected chi connectivity index (χ1v) is 19.3.